The van der Waals surface area contributed by atoms with Crippen molar-refractivity contribution in [2.75, 3.05) is 18.0 Å². The number of carboxylic acids is 1. The van der Waals surface area contributed by atoms with Crippen LogP contribution in [0.5, 0.6) is 0 Å². The third-order valence-corrected chi connectivity index (χ3v) is 3.98. The minimum absolute atomic E-state index is 0.0508. The molecule has 5 heteroatoms. The lowest BCUT2D eigenvalue weighted by atomic mass is 9.97. The molecule has 0 saturated carbocycles. The van der Waals surface area contributed by atoms with Crippen molar-refractivity contribution in [2.24, 2.45) is 0 Å². The van der Waals surface area contributed by atoms with Crippen LogP contribution in [-0.2, 0) is 9.59 Å². The molecule has 2 rings (SSSR count). The maximum atomic E-state index is 12.8. The molecule has 21 heavy (non-hydrogen) atoms. The Bertz CT molecular complexity index is 519. The average Bonchev–Trinajstić information content (AvgIpc) is 2.88. The summed E-state index contributed by atoms with van der Waals surface area (Å²) in [6.45, 7) is 4.88. The van der Waals surface area contributed by atoms with E-state index in [2.05, 4.69) is 5.32 Å². The molecule has 1 aromatic rings. The van der Waals surface area contributed by atoms with Crippen molar-refractivity contribution in [1.82, 2.24) is 5.32 Å². The van der Waals surface area contributed by atoms with Gasteiger partial charge in [0.05, 0.1) is 12.0 Å². The van der Waals surface area contributed by atoms with E-state index in [4.69, 9.17) is 5.11 Å². The number of nitrogens with zero attached hydrogens (tertiary/aromatic N) is 1. The van der Waals surface area contributed by atoms with Crippen molar-refractivity contribution in [3.8, 4) is 0 Å². The van der Waals surface area contributed by atoms with E-state index in [1.165, 1.54) is 0 Å². The van der Waals surface area contributed by atoms with Gasteiger partial charge in [-0.25, -0.2) is 0 Å². The Hall–Kier alpha value is -1.88. The molecule has 2 N–H and O–H groups in total. The van der Waals surface area contributed by atoms with E-state index < -0.39 is 11.5 Å². The molecule has 0 aliphatic carbocycles. The van der Waals surface area contributed by atoms with Gasteiger partial charge in [-0.2, -0.15) is 0 Å². The molecule has 0 bridgehead atoms. The highest BCUT2D eigenvalue weighted by molar-refractivity contribution is 6.00. The first kappa shape index (κ1) is 15.5. The van der Waals surface area contributed by atoms with Crippen LogP contribution in [0, 0.1) is 6.92 Å². The van der Waals surface area contributed by atoms with Gasteiger partial charge >= 0.3 is 5.97 Å². The zero-order valence-electron chi connectivity index (χ0n) is 12.6. The number of benzene rings is 1. The van der Waals surface area contributed by atoms with Gasteiger partial charge in [-0.15, -0.1) is 0 Å². The number of anilines is 1. The fourth-order valence-corrected chi connectivity index (χ4v) is 2.66. The molecule has 0 radical (unpaired) electrons. The van der Waals surface area contributed by atoms with Crippen LogP contribution in [0.1, 0.15) is 31.7 Å². The smallest absolute Gasteiger partial charge is 0.305 e. The first-order valence-electron chi connectivity index (χ1n) is 7.28. The van der Waals surface area contributed by atoms with Crippen molar-refractivity contribution in [3.63, 3.8) is 0 Å². The predicted octanol–water partition coefficient (Wildman–Crippen LogP) is 1.94. The molecular weight excluding hydrogens is 268 g/mol. The van der Waals surface area contributed by atoms with E-state index in [1.807, 2.05) is 38.1 Å². The van der Waals surface area contributed by atoms with Crippen LogP contribution in [0.3, 0.4) is 0 Å². The third kappa shape index (κ3) is 3.61. The van der Waals surface area contributed by atoms with Gasteiger partial charge in [0.15, 0.2) is 0 Å². The number of aliphatic carboxylic acids is 1. The number of amides is 1. The van der Waals surface area contributed by atoms with Gasteiger partial charge in [0.2, 0.25) is 5.91 Å². The highest BCUT2D eigenvalue weighted by atomic mass is 16.4. The minimum Gasteiger partial charge on any atom is -0.481 e. The molecular formula is C16H22N2O3. The topological polar surface area (TPSA) is 69.6 Å². The summed E-state index contributed by atoms with van der Waals surface area (Å²) in [5.74, 6) is -0.949. The maximum absolute atomic E-state index is 12.8. The Kier molecular flexibility index (Phi) is 4.63. The van der Waals surface area contributed by atoms with E-state index in [-0.39, 0.29) is 18.9 Å². The van der Waals surface area contributed by atoms with Crippen LogP contribution in [0.25, 0.3) is 0 Å². The molecule has 1 unspecified atom stereocenters. The summed E-state index contributed by atoms with van der Waals surface area (Å²) in [5.41, 5.74) is 1.26. The first-order chi connectivity index (χ1) is 9.92. The minimum atomic E-state index is -0.899. The second-order valence-corrected chi connectivity index (χ2v) is 5.80. The van der Waals surface area contributed by atoms with Gasteiger partial charge in [-0.3, -0.25) is 9.59 Å². The molecule has 1 aliphatic rings. The Labute approximate surface area is 125 Å². The van der Waals surface area contributed by atoms with Crippen molar-refractivity contribution >= 4 is 17.6 Å². The molecule has 1 saturated heterocycles. The summed E-state index contributed by atoms with van der Waals surface area (Å²) >= 11 is 0. The lowest BCUT2D eigenvalue weighted by molar-refractivity contribution is -0.136. The Morgan fingerprint density at radius 3 is 2.52 bits per heavy atom. The highest BCUT2D eigenvalue weighted by Gasteiger charge is 2.39. The number of rotatable bonds is 5. The van der Waals surface area contributed by atoms with E-state index in [0.717, 1.165) is 30.6 Å². The van der Waals surface area contributed by atoms with Gasteiger partial charge in [0.1, 0.15) is 0 Å². The standard InChI is InChI=1S/C16H22N2O3/c1-12-4-6-13(7-5-12)18(11-8-14(19)20)15(21)16(2)9-3-10-17-16/h4-7,17H,3,8-11H2,1-2H3,(H,19,20). The summed E-state index contributed by atoms with van der Waals surface area (Å²) in [5, 5.41) is 12.2. The van der Waals surface area contributed by atoms with E-state index in [0.29, 0.717) is 0 Å². The second-order valence-electron chi connectivity index (χ2n) is 5.80. The van der Waals surface area contributed by atoms with E-state index in [1.54, 1.807) is 4.90 Å². The van der Waals surface area contributed by atoms with Crippen molar-refractivity contribution in [3.05, 3.63) is 29.8 Å². The van der Waals surface area contributed by atoms with Gasteiger partial charge in [0.25, 0.3) is 0 Å². The summed E-state index contributed by atoms with van der Waals surface area (Å²) < 4.78 is 0. The SMILES string of the molecule is Cc1ccc(N(CCC(=O)O)C(=O)C2(C)CCCN2)cc1. The predicted molar refractivity (Wildman–Crippen MR) is 81.4 cm³/mol. The largest absolute Gasteiger partial charge is 0.481 e. The Balaban J connectivity index is 2.24. The van der Waals surface area contributed by atoms with Crippen LogP contribution in [0.15, 0.2) is 24.3 Å². The molecule has 1 fully saturated rings. The molecule has 1 heterocycles. The Morgan fingerprint density at radius 2 is 2.00 bits per heavy atom. The number of hydrogen-bond donors (Lipinski definition) is 2. The van der Waals surface area contributed by atoms with Crippen LogP contribution < -0.4 is 10.2 Å². The fraction of sp³-hybridized carbons (Fsp3) is 0.500. The molecule has 0 spiro atoms. The van der Waals surface area contributed by atoms with Crippen molar-refractivity contribution in [2.45, 2.75) is 38.6 Å². The van der Waals surface area contributed by atoms with Crippen molar-refractivity contribution in [1.29, 1.82) is 0 Å². The summed E-state index contributed by atoms with van der Waals surface area (Å²) in [4.78, 5) is 25.3. The average molecular weight is 290 g/mol. The monoisotopic (exact) mass is 290 g/mol. The second kappa shape index (κ2) is 6.26. The number of carboxylic acid groups (broad SMARTS) is 1. The van der Waals surface area contributed by atoms with Crippen LogP contribution in [0.4, 0.5) is 5.69 Å². The van der Waals surface area contributed by atoms with Crippen LogP contribution >= 0.6 is 0 Å². The zero-order chi connectivity index (χ0) is 15.5. The zero-order valence-corrected chi connectivity index (χ0v) is 12.6. The number of hydrogen-bond acceptors (Lipinski definition) is 3. The van der Waals surface area contributed by atoms with E-state index >= 15 is 0 Å². The number of carbonyl (C=O) groups is 2. The number of aryl methyl sites for hydroxylation is 1. The molecule has 1 aliphatic heterocycles. The summed E-state index contributed by atoms with van der Waals surface area (Å²) in [6, 6.07) is 7.60. The quantitative estimate of drug-likeness (QED) is 0.869. The molecule has 1 amide bonds. The fourth-order valence-electron chi connectivity index (χ4n) is 2.66. The lowest BCUT2D eigenvalue weighted by Gasteiger charge is -2.32. The molecule has 114 valence electrons. The lowest BCUT2D eigenvalue weighted by Crippen LogP contribution is -2.53. The molecule has 0 aromatic heterocycles. The Morgan fingerprint density at radius 1 is 1.33 bits per heavy atom. The van der Waals surface area contributed by atoms with Gasteiger partial charge < -0.3 is 15.3 Å². The van der Waals surface area contributed by atoms with E-state index in [9.17, 15) is 9.59 Å². The summed E-state index contributed by atoms with van der Waals surface area (Å²) in [6.07, 6.45) is 1.68. The molecule has 5 nitrogen and oxygen atoms in total. The first-order valence-corrected chi connectivity index (χ1v) is 7.28. The third-order valence-electron chi connectivity index (χ3n) is 3.98. The number of nitrogens with one attached hydrogen (secondary N) is 1. The molecule has 1 atom stereocenters. The van der Waals surface area contributed by atoms with Crippen LogP contribution in [-0.4, -0.2) is 35.6 Å². The van der Waals surface area contributed by atoms with Crippen molar-refractivity contribution < 1.29 is 14.7 Å². The van der Waals surface area contributed by atoms with Gasteiger partial charge in [-0.1, -0.05) is 17.7 Å². The van der Waals surface area contributed by atoms with Crippen LogP contribution in [0.2, 0.25) is 0 Å². The summed E-state index contributed by atoms with van der Waals surface area (Å²) in [7, 11) is 0. The number of carbonyl (C=O) groups excluding carboxylic acids is 1. The highest BCUT2D eigenvalue weighted by Crippen LogP contribution is 2.25. The maximum Gasteiger partial charge on any atom is 0.305 e. The van der Waals surface area contributed by atoms with Gasteiger partial charge in [0, 0.05) is 12.2 Å². The molecule has 1 aromatic carbocycles. The normalized spacial score (nSPS) is 21.2. The van der Waals surface area contributed by atoms with Gasteiger partial charge in [-0.05, 0) is 45.4 Å².